The molecule has 0 unspecified atom stereocenters. The maximum atomic E-state index is 12.5. The molecule has 4 rings (SSSR count). The molecular weight excluding hydrogens is 370 g/mol. The summed E-state index contributed by atoms with van der Waals surface area (Å²) in [6.07, 6.45) is 0.326. The number of carbonyl (C=O) groups is 1. The zero-order valence-corrected chi connectivity index (χ0v) is 16.6. The largest absolute Gasteiger partial charge is 0.493 e. The van der Waals surface area contributed by atoms with Crippen LogP contribution in [0.15, 0.2) is 41.2 Å². The number of nitrogens with zero attached hydrogens (tertiary/aromatic N) is 3. The summed E-state index contributed by atoms with van der Waals surface area (Å²) in [7, 11) is 0. The van der Waals surface area contributed by atoms with Crippen molar-refractivity contribution < 1.29 is 9.53 Å². The molecule has 0 aliphatic carbocycles. The summed E-state index contributed by atoms with van der Waals surface area (Å²) in [4.78, 5) is 23.8. The van der Waals surface area contributed by atoms with E-state index in [1.54, 1.807) is 10.7 Å². The molecule has 0 spiro atoms. The summed E-state index contributed by atoms with van der Waals surface area (Å²) < 4.78 is 7.42. The predicted octanol–water partition coefficient (Wildman–Crippen LogP) is 2.77. The smallest absolute Gasteiger partial charge is 0.264 e. The number of H-pyrrole nitrogens is 1. The molecule has 0 fully saturated rings. The van der Waals surface area contributed by atoms with Crippen molar-refractivity contribution in [3.63, 3.8) is 0 Å². The van der Waals surface area contributed by atoms with Crippen molar-refractivity contribution in [3.05, 3.63) is 63.6 Å². The van der Waals surface area contributed by atoms with E-state index >= 15 is 0 Å². The lowest BCUT2D eigenvalue weighted by molar-refractivity contribution is -0.116. The van der Waals surface area contributed by atoms with Gasteiger partial charge in [-0.2, -0.15) is 14.9 Å². The molecule has 1 aromatic carbocycles. The van der Waals surface area contributed by atoms with Crippen LogP contribution in [0.5, 0.6) is 5.75 Å². The Morgan fingerprint density at radius 3 is 2.79 bits per heavy atom. The quantitative estimate of drug-likeness (QED) is 0.694. The van der Waals surface area contributed by atoms with Crippen LogP contribution in [0.2, 0.25) is 0 Å². The first-order chi connectivity index (χ1) is 13.9. The fourth-order valence-electron chi connectivity index (χ4n) is 3.54. The van der Waals surface area contributed by atoms with Gasteiger partial charge in [0, 0.05) is 24.0 Å². The Bertz CT molecular complexity index is 1100. The van der Waals surface area contributed by atoms with Gasteiger partial charge in [0.15, 0.2) is 5.82 Å². The average molecular weight is 393 g/mol. The highest BCUT2D eigenvalue weighted by molar-refractivity contribution is 5.95. The van der Waals surface area contributed by atoms with Gasteiger partial charge in [-0.3, -0.25) is 9.59 Å². The molecule has 1 atom stereocenters. The van der Waals surface area contributed by atoms with Crippen LogP contribution in [0, 0.1) is 12.8 Å². The molecule has 3 aromatic rings. The minimum Gasteiger partial charge on any atom is -0.493 e. The van der Waals surface area contributed by atoms with Gasteiger partial charge < -0.3 is 10.1 Å². The molecule has 0 radical (unpaired) electrons. The topological polar surface area (TPSA) is 102 Å². The first kappa shape index (κ1) is 18.9. The normalized spacial score (nSPS) is 15.9. The molecule has 0 saturated heterocycles. The van der Waals surface area contributed by atoms with Crippen LogP contribution >= 0.6 is 0 Å². The number of amides is 1. The molecule has 3 heterocycles. The van der Waals surface area contributed by atoms with E-state index in [9.17, 15) is 9.59 Å². The van der Waals surface area contributed by atoms with Gasteiger partial charge in [-0.1, -0.05) is 26.0 Å². The van der Waals surface area contributed by atoms with Crippen LogP contribution in [0.3, 0.4) is 0 Å². The number of nitrogens with one attached hydrogen (secondary N) is 2. The highest BCUT2D eigenvalue weighted by atomic mass is 16.5. The van der Waals surface area contributed by atoms with E-state index in [1.807, 2.05) is 31.2 Å². The van der Waals surface area contributed by atoms with E-state index in [0.29, 0.717) is 30.6 Å². The van der Waals surface area contributed by atoms with Gasteiger partial charge in [0.25, 0.3) is 5.56 Å². The fourth-order valence-corrected chi connectivity index (χ4v) is 3.54. The average Bonchev–Trinajstić information content (AvgIpc) is 3.03. The zero-order chi connectivity index (χ0) is 20.5. The summed E-state index contributed by atoms with van der Waals surface area (Å²) in [6, 6.07) is 10.8. The monoisotopic (exact) mass is 393 g/mol. The molecule has 1 aliphatic rings. The van der Waals surface area contributed by atoms with E-state index in [4.69, 9.17) is 4.74 Å². The minimum atomic E-state index is -0.299. The SMILES string of the molecule is Cc1nn(-c2ccc(=O)[nH]n2)c2c1[C@H](c1cccc(OCC(C)C)c1)CC(=O)N2. The summed E-state index contributed by atoms with van der Waals surface area (Å²) >= 11 is 0. The summed E-state index contributed by atoms with van der Waals surface area (Å²) in [5.41, 5.74) is 2.44. The Balaban J connectivity index is 1.75. The van der Waals surface area contributed by atoms with Crippen molar-refractivity contribution in [1.29, 1.82) is 0 Å². The van der Waals surface area contributed by atoms with Crippen LogP contribution < -0.4 is 15.6 Å². The van der Waals surface area contributed by atoms with Crippen LogP contribution in [0.4, 0.5) is 5.82 Å². The lowest BCUT2D eigenvalue weighted by Gasteiger charge is -2.24. The number of hydrogen-bond donors (Lipinski definition) is 2. The van der Waals surface area contributed by atoms with E-state index in [-0.39, 0.29) is 17.4 Å². The lowest BCUT2D eigenvalue weighted by atomic mass is 9.86. The number of aryl methyl sites for hydroxylation is 1. The van der Waals surface area contributed by atoms with Crippen molar-refractivity contribution >= 4 is 11.7 Å². The molecule has 2 aromatic heterocycles. The third-order valence-corrected chi connectivity index (χ3v) is 4.83. The van der Waals surface area contributed by atoms with Crippen LogP contribution in [0.25, 0.3) is 5.82 Å². The van der Waals surface area contributed by atoms with Gasteiger partial charge in [-0.15, -0.1) is 0 Å². The van der Waals surface area contributed by atoms with Gasteiger partial charge in [0.05, 0.1) is 12.3 Å². The third-order valence-electron chi connectivity index (χ3n) is 4.83. The first-order valence-corrected chi connectivity index (χ1v) is 9.60. The number of anilines is 1. The van der Waals surface area contributed by atoms with Crippen LogP contribution in [0.1, 0.15) is 43.0 Å². The maximum absolute atomic E-state index is 12.5. The minimum absolute atomic E-state index is 0.0958. The van der Waals surface area contributed by atoms with Gasteiger partial charge in [-0.05, 0) is 36.6 Å². The number of aromatic nitrogens is 4. The molecule has 150 valence electrons. The molecule has 2 N–H and O–H groups in total. The lowest BCUT2D eigenvalue weighted by Crippen LogP contribution is -2.25. The molecule has 29 heavy (non-hydrogen) atoms. The van der Waals surface area contributed by atoms with E-state index < -0.39 is 0 Å². The Morgan fingerprint density at radius 1 is 1.24 bits per heavy atom. The molecule has 8 heteroatoms. The Kier molecular flexibility index (Phi) is 4.92. The van der Waals surface area contributed by atoms with Crippen molar-refractivity contribution in [1.82, 2.24) is 20.0 Å². The molecule has 1 aliphatic heterocycles. The third kappa shape index (κ3) is 3.78. The van der Waals surface area contributed by atoms with E-state index in [0.717, 1.165) is 22.6 Å². The standard InChI is InChI=1S/C21H23N5O3/c1-12(2)11-29-15-6-4-5-14(9-15)16-10-19(28)22-21-20(16)13(3)25-26(21)17-7-8-18(27)24-23-17/h4-9,12,16H,10-11H2,1-3H3,(H,22,28)(H,24,27)/t16-/m0/s1. The van der Waals surface area contributed by atoms with Gasteiger partial charge in [0.1, 0.15) is 11.6 Å². The Labute approximate surface area is 167 Å². The zero-order valence-electron chi connectivity index (χ0n) is 16.6. The Hall–Kier alpha value is -3.42. The van der Waals surface area contributed by atoms with Crippen molar-refractivity contribution in [2.75, 3.05) is 11.9 Å². The van der Waals surface area contributed by atoms with Crippen molar-refractivity contribution in [2.45, 2.75) is 33.1 Å². The second-order valence-electron chi connectivity index (χ2n) is 7.62. The second-order valence-corrected chi connectivity index (χ2v) is 7.62. The summed E-state index contributed by atoms with van der Waals surface area (Å²) in [6.45, 7) is 6.74. The van der Waals surface area contributed by atoms with E-state index in [2.05, 4.69) is 34.5 Å². The fraction of sp³-hybridized carbons (Fsp3) is 0.333. The van der Waals surface area contributed by atoms with Crippen molar-refractivity contribution in [2.24, 2.45) is 5.92 Å². The molecular formula is C21H23N5O3. The van der Waals surface area contributed by atoms with Crippen LogP contribution in [-0.2, 0) is 4.79 Å². The second kappa shape index (κ2) is 7.54. The highest BCUT2D eigenvalue weighted by Crippen LogP contribution is 2.40. The Morgan fingerprint density at radius 2 is 2.07 bits per heavy atom. The molecule has 1 amide bonds. The summed E-state index contributed by atoms with van der Waals surface area (Å²) in [5, 5.41) is 13.9. The molecule has 0 saturated carbocycles. The number of rotatable bonds is 5. The number of carbonyl (C=O) groups excluding carboxylic acids is 1. The predicted molar refractivity (Wildman–Crippen MR) is 109 cm³/mol. The number of ether oxygens (including phenoxy) is 1. The molecule has 0 bridgehead atoms. The summed E-state index contributed by atoms with van der Waals surface area (Å²) in [5.74, 6) is 1.99. The number of benzene rings is 1. The van der Waals surface area contributed by atoms with Gasteiger partial charge in [0.2, 0.25) is 5.91 Å². The van der Waals surface area contributed by atoms with E-state index in [1.165, 1.54) is 6.07 Å². The highest BCUT2D eigenvalue weighted by Gasteiger charge is 2.33. The number of fused-ring (bicyclic) bond motifs is 1. The first-order valence-electron chi connectivity index (χ1n) is 9.60. The van der Waals surface area contributed by atoms with Crippen molar-refractivity contribution in [3.8, 4) is 11.6 Å². The van der Waals surface area contributed by atoms with Crippen LogP contribution in [-0.4, -0.2) is 32.5 Å². The number of hydrogen-bond acceptors (Lipinski definition) is 5. The van der Waals surface area contributed by atoms with Gasteiger partial charge in [-0.25, -0.2) is 5.10 Å². The molecule has 8 nitrogen and oxygen atoms in total. The maximum Gasteiger partial charge on any atom is 0.264 e. The van der Waals surface area contributed by atoms with Gasteiger partial charge >= 0.3 is 0 Å². The number of aromatic amines is 1.